The summed E-state index contributed by atoms with van der Waals surface area (Å²) in [5, 5.41) is 1.03. The molecule has 0 radical (unpaired) electrons. The Labute approximate surface area is 122 Å². The number of ether oxygens (including phenoxy) is 1. The highest BCUT2D eigenvalue weighted by Crippen LogP contribution is 2.22. The highest BCUT2D eigenvalue weighted by Gasteiger charge is 2.06. The number of halogens is 1. The minimum absolute atomic E-state index is 0.224. The van der Waals surface area contributed by atoms with Gasteiger partial charge in [0.25, 0.3) is 0 Å². The molecule has 3 rings (SSSR count). The van der Waals surface area contributed by atoms with Crippen molar-refractivity contribution in [3.8, 4) is 5.75 Å². The Morgan fingerprint density at radius 3 is 2.76 bits per heavy atom. The van der Waals surface area contributed by atoms with Crippen molar-refractivity contribution in [3.05, 3.63) is 65.6 Å². The van der Waals surface area contributed by atoms with Crippen molar-refractivity contribution in [2.24, 2.45) is 5.73 Å². The lowest BCUT2D eigenvalue weighted by molar-refractivity contribution is 0.409. The van der Waals surface area contributed by atoms with Crippen LogP contribution in [0.1, 0.15) is 11.1 Å². The maximum absolute atomic E-state index is 13.4. The lowest BCUT2D eigenvalue weighted by Crippen LogP contribution is -2.03. The summed E-state index contributed by atoms with van der Waals surface area (Å²) in [6, 6.07) is 12.8. The second-order valence-corrected chi connectivity index (χ2v) is 5.00. The molecule has 0 atom stereocenters. The number of rotatable bonds is 4. The van der Waals surface area contributed by atoms with E-state index >= 15 is 0 Å². The predicted molar refractivity (Wildman–Crippen MR) is 81.9 cm³/mol. The van der Waals surface area contributed by atoms with Crippen molar-refractivity contribution in [2.45, 2.75) is 13.1 Å². The van der Waals surface area contributed by atoms with E-state index in [1.54, 1.807) is 19.2 Å². The molecule has 0 aliphatic heterocycles. The molecule has 0 bridgehead atoms. The summed E-state index contributed by atoms with van der Waals surface area (Å²) < 4.78 is 20.8. The molecule has 0 unspecified atom stereocenters. The fourth-order valence-corrected chi connectivity index (χ4v) is 2.55. The highest BCUT2D eigenvalue weighted by atomic mass is 19.1. The van der Waals surface area contributed by atoms with Crippen molar-refractivity contribution in [2.75, 3.05) is 7.11 Å². The summed E-state index contributed by atoms with van der Waals surface area (Å²) in [5.41, 5.74) is 8.63. The summed E-state index contributed by atoms with van der Waals surface area (Å²) in [5.74, 6) is 0.566. The molecule has 0 aliphatic carbocycles. The molecule has 1 aromatic heterocycles. The average Bonchev–Trinajstić information content (AvgIpc) is 2.89. The van der Waals surface area contributed by atoms with E-state index in [0.717, 1.165) is 27.8 Å². The van der Waals surface area contributed by atoms with E-state index in [1.807, 2.05) is 35.0 Å². The van der Waals surface area contributed by atoms with Gasteiger partial charge in [-0.1, -0.05) is 12.1 Å². The monoisotopic (exact) mass is 284 g/mol. The number of nitrogens with two attached hydrogens (primary N) is 1. The Kier molecular flexibility index (Phi) is 3.62. The first-order chi connectivity index (χ1) is 10.2. The predicted octanol–water partition coefficient (Wildman–Crippen LogP) is 3.30. The number of methoxy groups -OCH3 is 1. The van der Waals surface area contributed by atoms with Gasteiger partial charge < -0.3 is 15.0 Å². The lowest BCUT2D eigenvalue weighted by atomic mass is 10.1. The number of fused-ring (bicyclic) bond motifs is 1. The van der Waals surface area contributed by atoms with Crippen molar-refractivity contribution >= 4 is 10.9 Å². The Morgan fingerprint density at radius 2 is 2.00 bits per heavy atom. The van der Waals surface area contributed by atoms with Crippen LogP contribution in [0.2, 0.25) is 0 Å². The molecular formula is C17H17FN2O. The highest BCUT2D eigenvalue weighted by molar-refractivity contribution is 5.80. The van der Waals surface area contributed by atoms with Crippen molar-refractivity contribution < 1.29 is 9.13 Å². The molecule has 0 aliphatic rings. The van der Waals surface area contributed by atoms with Crippen LogP contribution in [-0.2, 0) is 13.1 Å². The first kappa shape index (κ1) is 13.6. The maximum Gasteiger partial charge on any atom is 0.125 e. The Bertz CT molecular complexity index is 780. The van der Waals surface area contributed by atoms with E-state index in [2.05, 4.69) is 0 Å². The van der Waals surface area contributed by atoms with Crippen LogP contribution < -0.4 is 10.5 Å². The van der Waals surface area contributed by atoms with Crippen LogP contribution in [0.3, 0.4) is 0 Å². The molecule has 2 N–H and O–H groups in total. The van der Waals surface area contributed by atoms with Gasteiger partial charge in [0.2, 0.25) is 0 Å². The Hall–Kier alpha value is -2.33. The number of hydrogen-bond donors (Lipinski definition) is 1. The zero-order valence-corrected chi connectivity index (χ0v) is 11.8. The Morgan fingerprint density at radius 1 is 1.14 bits per heavy atom. The first-order valence-electron chi connectivity index (χ1n) is 6.81. The normalized spacial score (nSPS) is 11.0. The first-order valence-corrected chi connectivity index (χ1v) is 6.81. The van der Waals surface area contributed by atoms with E-state index in [0.29, 0.717) is 13.1 Å². The summed E-state index contributed by atoms with van der Waals surface area (Å²) >= 11 is 0. The number of nitrogens with zero attached hydrogens (tertiary/aromatic N) is 1. The zero-order chi connectivity index (χ0) is 14.8. The average molecular weight is 284 g/mol. The van der Waals surface area contributed by atoms with Gasteiger partial charge in [0, 0.05) is 24.8 Å². The molecule has 1 heterocycles. The summed E-state index contributed by atoms with van der Waals surface area (Å²) in [6.07, 6.45) is 1.97. The Balaban J connectivity index is 1.96. The summed E-state index contributed by atoms with van der Waals surface area (Å²) in [7, 11) is 1.64. The van der Waals surface area contributed by atoms with Crippen molar-refractivity contribution in [3.63, 3.8) is 0 Å². The quantitative estimate of drug-likeness (QED) is 0.798. The van der Waals surface area contributed by atoms with Gasteiger partial charge in [-0.2, -0.15) is 0 Å². The molecular weight excluding hydrogens is 267 g/mol. The van der Waals surface area contributed by atoms with Gasteiger partial charge in [-0.25, -0.2) is 4.39 Å². The molecule has 108 valence electrons. The zero-order valence-electron chi connectivity index (χ0n) is 11.8. The van der Waals surface area contributed by atoms with Crippen LogP contribution in [0.5, 0.6) is 5.75 Å². The van der Waals surface area contributed by atoms with Gasteiger partial charge in [-0.3, -0.25) is 0 Å². The fraction of sp³-hybridized carbons (Fsp3) is 0.176. The minimum atomic E-state index is -0.224. The number of hydrogen-bond acceptors (Lipinski definition) is 2. The molecule has 0 saturated carbocycles. The van der Waals surface area contributed by atoms with E-state index < -0.39 is 0 Å². The topological polar surface area (TPSA) is 40.2 Å². The summed E-state index contributed by atoms with van der Waals surface area (Å²) in [6.45, 7) is 1.11. The third-order valence-corrected chi connectivity index (χ3v) is 3.66. The van der Waals surface area contributed by atoms with E-state index in [4.69, 9.17) is 10.5 Å². The molecule has 0 amide bonds. The molecule has 21 heavy (non-hydrogen) atoms. The van der Waals surface area contributed by atoms with Gasteiger partial charge in [0.15, 0.2) is 0 Å². The fourth-order valence-electron chi connectivity index (χ4n) is 2.55. The summed E-state index contributed by atoms with van der Waals surface area (Å²) in [4.78, 5) is 0. The molecule has 4 heteroatoms. The van der Waals surface area contributed by atoms with Gasteiger partial charge in [-0.05, 0) is 41.3 Å². The molecule has 0 spiro atoms. The van der Waals surface area contributed by atoms with Crippen molar-refractivity contribution in [1.82, 2.24) is 4.57 Å². The van der Waals surface area contributed by atoms with E-state index in [-0.39, 0.29) is 5.82 Å². The van der Waals surface area contributed by atoms with Gasteiger partial charge in [0.05, 0.1) is 12.6 Å². The van der Waals surface area contributed by atoms with Crippen LogP contribution in [0.15, 0.2) is 48.7 Å². The third-order valence-electron chi connectivity index (χ3n) is 3.66. The van der Waals surface area contributed by atoms with Gasteiger partial charge in [-0.15, -0.1) is 0 Å². The van der Waals surface area contributed by atoms with Gasteiger partial charge >= 0.3 is 0 Å². The largest absolute Gasteiger partial charge is 0.496 e. The van der Waals surface area contributed by atoms with Crippen LogP contribution >= 0.6 is 0 Å². The lowest BCUT2D eigenvalue weighted by Gasteiger charge is -2.11. The molecule has 3 aromatic rings. The molecule has 2 aromatic carbocycles. The second kappa shape index (κ2) is 5.58. The molecule has 3 nitrogen and oxygen atoms in total. The number of aromatic nitrogens is 1. The second-order valence-electron chi connectivity index (χ2n) is 5.00. The van der Waals surface area contributed by atoms with Crippen LogP contribution in [0, 0.1) is 5.82 Å². The van der Waals surface area contributed by atoms with Crippen LogP contribution in [0.25, 0.3) is 10.9 Å². The molecule has 0 fully saturated rings. The van der Waals surface area contributed by atoms with Crippen LogP contribution in [-0.4, -0.2) is 11.7 Å². The number of benzene rings is 2. The third kappa shape index (κ3) is 2.62. The SMILES string of the molecule is COc1cc(Cn2ccc3ccc(F)cc32)ccc1CN. The van der Waals surface area contributed by atoms with E-state index in [9.17, 15) is 4.39 Å². The van der Waals surface area contributed by atoms with Crippen molar-refractivity contribution in [1.29, 1.82) is 0 Å². The maximum atomic E-state index is 13.4. The smallest absolute Gasteiger partial charge is 0.125 e. The standard InChI is InChI=1S/C17H17FN2O/c1-21-17-8-12(2-3-14(17)10-19)11-20-7-6-13-4-5-15(18)9-16(13)20/h2-9H,10-11,19H2,1H3. The van der Waals surface area contributed by atoms with Gasteiger partial charge in [0.1, 0.15) is 11.6 Å². The minimum Gasteiger partial charge on any atom is -0.496 e. The van der Waals surface area contributed by atoms with E-state index in [1.165, 1.54) is 6.07 Å². The molecule has 0 saturated heterocycles. The van der Waals surface area contributed by atoms with Crippen LogP contribution in [0.4, 0.5) is 4.39 Å².